The highest BCUT2D eigenvalue weighted by Crippen LogP contribution is 2.37. The van der Waals surface area contributed by atoms with E-state index in [1.165, 1.54) is 15.9 Å². The fourth-order valence-corrected chi connectivity index (χ4v) is 6.14. The molecule has 0 N–H and O–H groups in total. The van der Waals surface area contributed by atoms with Crippen LogP contribution in [-0.4, -0.2) is 23.8 Å². The second-order valence-corrected chi connectivity index (χ2v) is 12.0. The number of hydrogen-bond acceptors (Lipinski definition) is 7. The van der Waals surface area contributed by atoms with Gasteiger partial charge >= 0.3 is 5.97 Å². The van der Waals surface area contributed by atoms with Crippen LogP contribution in [-0.2, 0) is 9.53 Å². The number of allylic oxidation sites excluding steroid dienone is 1. The zero-order valence-corrected chi connectivity index (χ0v) is 25.7. The van der Waals surface area contributed by atoms with Gasteiger partial charge in [0.05, 0.1) is 39.1 Å². The summed E-state index contributed by atoms with van der Waals surface area (Å²) in [6.07, 6.45) is 1.30. The molecule has 206 valence electrons. The monoisotopic (exact) mass is 660 g/mol. The molecule has 4 aromatic rings. The summed E-state index contributed by atoms with van der Waals surface area (Å²) in [5.74, 6) is 1.02. The molecule has 1 aliphatic heterocycles. The molecule has 0 fully saturated rings. The van der Waals surface area contributed by atoms with Crippen LogP contribution in [0.4, 0.5) is 0 Å². The molecule has 0 amide bonds. The van der Waals surface area contributed by atoms with Gasteiger partial charge in [-0.3, -0.25) is 9.36 Å². The van der Waals surface area contributed by atoms with Gasteiger partial charge in [-0.15, -0.1) is 0 Å². The number of benzene rings is 2. The van der Waals surface area contributed by atoms with Gasteiger partial charge in [-0.1, -0.05) is 50.5 Å². The normalized spacial score (nSPS) is 15.3. The van der Waals surface area contributed by atoms with Crippen LogP contribution in [0.2, 0.25) is 10.0 Å². The first-order chi connectivity index (χ1) is 19.1. The van der Waals surface area contributed by atoms with Gasteiger partial charge in [0.25, 0.3) is 5.56 Å². The summed E-state index contributed by atoms with van der Waals surface area (Å²) < 4.78 is 19.9. The topological polar surface area (TPSA) is 83.0 Å². The molecule has 1 atom stereocenters. The van der Waals surface area contributed by atoms with E-state index in [-0.39, 0.29) is 17.2 Å². The Morgan fingerprint density at radius 2 is 1.93 bits per heavy atom. The van der Waals surface area contributed by atoms with Gasteiger partial charge in [-0.25, -0.2) is 9.79 Å². The minimum Gasteiger partial charge on any atom is -0.496 e. The van der Waals surface area contributed by atoms with Crippen LogP contribution >= 0.6 is 50.5 Å². The average molecular weight is 662 g/mol. The molecule has 0 saturated carbocycles. The van der Waals surface area contributed by atoms with E-state index in [9.17, 15) is 9.59 Å². The number of hydrogen-bond donors (Lipinski definition) is 0. The zero-order valence-electron chi connectivity index (χ0n) is 21.8. The maximum Gasteiger partial charge on any atom is 0.338 e. The summed E-state index contributed by atoms with van der Waals surface area (Å²) in [6, 6.07) is 13.4. The zero-order chi connectivity index (χ0) is 28.7. The van der Waals surface area contributed by atoms with Gasteiger partial charge in [-0.05, 0) is 69.3 Å². The Morgan fingerprint density at radius 1 is 1.15 bits per heavy atom. The molecule has 5 rings (SSSR count). The number of methoxy groups -OCH3 is 1. The summed E-state index contributed by atoms with van der Waals surface area (Å²) in [6.45, 7) is 5.28. The predicted molar refractivity (Wildman–Crippen MR) is 160 cm³/mol. The number of halogens is 3. The number of thiazole rings is 1. The van der Waals surface area contributed by atoms with Crippen molar-refractivity contribution in [2.24, 2.45) is 4.99 Å². The van der Waals surface area contributed by atoms with Gasteiger partial charge in [-0.2, -0.15) is 0 Å². The molecule has 0 bridgehead atoms. The van der Waals surface area contributed by atoms with Crippen LogP contribution < -0.4 is 19.6 Å². The van der Waals surface area contributed by atoms with Crippen LogP contribution in [0.25, 0.3) is 17.4 Å². The van der Waals surface area contributed by atoms with E-state index in [2.05, 4.69) is 20.9 Å². The second kappa shape index (κ2) is 11.4. The molecular weight excluding hydrogens is 639 g/mol. The lowest BCUT2D eigenvalue weighted by Gasteiger charge is -2.26. The molecule has 2 aromatic heterocycles. The average Bonchev–Trinajstić information content (AvgIpc) is 3.48. The molecule has 40 heavy (non-hydrogen) atoms. The van der Waals surface area contributed by atoms with E-state index in [4.69, 9.17) is 37.1 Å². The van der Waals surface area contributed by atoms with Crippen LogP contribution in [0.3, 0.4) is 0 Å². The number of rotatable bonds is 6. The molecule has 0 saturated heterocycles. The van der Waals surface area contributed by atoms with Gasteiger partial charge in [0, 0.05) is 21.7 Å². The fraction of sp³-hybridized carbons (Fsp3) is 0.207. The van der Waals surface area contributed by atoms with Crippen molar-refractivity contribution >= 4 is 62.5 Å². The number of aromatic nitrogens is 1. The molecule has 0 radical (unpaired) electrons. The van der Waals surface area contributed by atoms with Gasteiger partial charge < -0.3 is 13.9 Å². The smallest absolute Gasteiger partial charge is 0.338 e. The standard InChI is InChI=1S/C29H23BrCl2N2O5S/c1-14(2)38-28(36)25-15(3)33-29-34(26(25)19-12-17(30)6-9-23(19)37-4)27(35)24(40-29)13-18-7-10-22(39-18)16-5-8-20(31)21(32)11-16/h5-14,26H,1-4H3/b24-13-/t26-/m0/s1. The number of furan rings is 1. The molecule has 0 unspecified atom stereocenters. The lowest BCUT2D eigenvalue weighted by Crippen LogP contribution is -2.40. The van der Waals surface area contributed by atoms with Crippen LogP contribution in [0.15, 0.2) is 78.5 Å². The summed E-state index contributed by atoms with van der Waals surface area (Å²) >= 11 is 16.9. The Bertz CT molecular complexity index is 1850. The number of ether oxygens (including phenoxy) is 2. The van der Waals surface area contributed by atoms with E-state index in [1.54, 1.807) is 70.4 Å². The van der Waals surface area contributed by atoms with Crippen molar-refractivity contribution < 1.29 is 18.7 Å². The number of carbonyl (C=O) groups is 1. The minimum atomic E-state index is -0.819. The molecule has 11 heteroatoms. The van der Waals surface area contributed by atoms with Crippen molar-refractivity contribution in [3.63, 3.8) is 0 Å². The fourth-order valence-electron chi connectivity index (χ4n) is 4.44. The summed E-state index contributed by atoms with van der Waals surface area (Å²) in [5.41, 5.74) is 1.77. The minimum absolute atomic E-state index is 0.268. The molecule has 0 spiro atoms. The van der Waals surface area contributed by atoms with Gasteiger partial charge in [0.1, 0.15) is 23.3 Å². The third-order valence-corrected chi connectivity index (χ3v) is 8.39. The van der Waals surface area contributed by atoms with E-state index in [0.717, 1.165) is 10.0 Å². The maximum absolute atomic E-state index is 13.9. The summed E-state index contributed by atoms with van der Waals surface area (Å²) in [5, 5.41) is 0.859. The molecule has 2 aromatic carbocycles. The summed E-state index contributed by atoms with van der Waals surface area (Å²) in [4.78, 5) is 32.3. The Kier molecular flexibility index (Phi) is 8.10. The Balaban J connectivity index is 1.67. The number of carbonyl (C=O) groups excluding carboxylic acids is 1. The van der Waals surface area contributed by atoms with E-state index in [0.29, 0.717) is 47.9 Å². The highest BCUT2D eigenvalue weighted by atomic mass is 79.9. The number of nitrogens with zero attached hydrogens (tertiary/aromatic N) is 2. The summed E-state index contributed by atoms with van der Waals surface area (Å²) in [7, 11) is 1.54. The van der Waals surface area contributed by atoms with E-state index in [1.807, 2.05) is 12.1 Å². The van der Waals surface area contributed by atoms with Crippen molar-refractivity contribution in [3.05, 3.63) is 105 Å². The third kappa shape index (κ3) is 5.43. The first-order valence-corrected chi connectivity index (χ1v) is 14.6. The lowest BCUT2D eigenvalue weighted by atomic mass is 9.95. The first kappa shape index (κ1) is 28.4. The largest absolute Gasteiger partial charge is 0.496 e. The van der Waals surface area contributed by atoms with Crippen molar-refractivity contribution in [3.8, 4) is 17.1 Å². The molecule has 0 aliphatic carbocycles. The Hall–Kier alpha value is -3.11. The van der Waals surface area contributed by atoms with Crippen LogP contribution in [0, 0.1) is 0 Å². The highest BCUT2D eigenvalue weighted by molar-refractivity contribution is 9.10. The third-order valence-electron chi connectivity index (χ3n) is 6.17. The van der Waals surface area contributed by atoms with Crippen molar-refractivity contribution in [1.29, 1.82) is 0 Å². The van der Waals surface area contributed by atoms with Gasteiger partial charge in [0.2, 0.25) is 0 Å². The Labute approximate surface area is 252 Å². The molecule has 1 aliphatic rings. The number of fused-ring (bicyclic) bond motifs is 1. The molecular formula is C29H23BrCl2N2O5S. The number of esters is 1. The second-order valence-electron chi connectivity index (χ2n) is 9.25. The Morgan fingerprint density at radius 3 is 2.62 bits per heavy atom. The lowest BCUT2D eigenvalue weighted by molar-refractivity contribution is -0.143. The van der Waals surface area contributed by atoms with Crippen molar-refractivity contribution in [1.82, 2.24) is 4.57 Å². The quantitative estimate of drug-likeness (QED) is 0.220. The SMILES string of the molecule is COc1ccc(Br)cc1[C@H]1C(C(=O)OC(C)C)=C(C)N=c2s/c(=C\c3ccc(-c4ccc(Cl)c(Cl)c4)o3)c(=O)n21. The predicted octanol–water partition coefficient (Wildman–Crippen LogP) is 6.52. The van der Waals surface area contributed by atoms with Crippen LogP contribution in [0.1, 0.15) is 38.1 Å². The van der Waals surface area contributed by atoms with E-state index >= 15 is 0 Å². The molecule has 3 heterocycles. The van der Waals surface area contributed by atoms with Crippen molar-refractivity contribution in [2.45, 2.75) is 32.9 Å². The molecule has 7 nitrogen and oxygen atoms in total. The van der Waals surface area contributed by atoms with E-state index < -0.39 is 12.0 Å². The van der Waals surface area contributed by atoms with Crippen LogP contribution in [0.5, 0.6) is 5.75 Å². The van der Waals surface area contributed by atoms with Gasteiger partial charge in [0.15, 0.2) is 4.80 Å². The highest BCUT2D eigenvalue weighted by Gasteiger charge is 2.35. The van der Waals surface area contributed by atoms with Crippen molar-refractivity contribution in [2.75, 3.05) is 7.11 Å². The maximum atomic E-state index is 13.9. The first-order valence-electron chi connectivity index (χ1n) is 12.2.